The van der Waals surface area contributed by atoms with Crippen molar-refractivity contribution in [3.05, 3.63) is 35.9 Å². The van der Waals surface area contributed by atoms with Crippen LogP contribution >= 0.6 is 0 Å². The number of hydrogen-bond acceptors (Lipinski definition) is 4. The molecule has 17 heavy (non-hydrogen) atoms. The monoisotopic (exact) mass is 238 g/mol. The first-order valence-electron chi connectivity index (χ1n) is 5.70. The topological polar surface area (TPSA) is 47.9 Å². The summed E-state index contributed by atoms with van der Waals surface area (Å²) in [5, 5.41) is 10.3. The molecule has 0 aliphatic carbocycles. The fraction of sp³-hybridized carbons (Fsp3) is 0.538. The van der Waals surface area contributed by atoms with E-state index in [4.69, 9.17) is 14.2 Å². The predicted octanol–water partition coefficient (Wildman–Crippen LogP) is 1.85. The molecule has 1 N–H and O–H groups in total. The third-order valence-corrected chi connectivity index (χ3v) is 3.08. The Bertz CT molecular complexity index is 350. The molecular weight excluding hydrogens is 220 g/mol. The van der Waals surface area contributed by atoms with Crippen molar-refractivity contribution in [2.45, 2.75) is 31.0 Å². The maximum atomic E-state index is 10.3. The molecule has 0 radical (unpaired) electrons. The first kappa shape index (κ1) is 12.5. The normalized spacial score (nSPS) is 28.8. The summed E-state index contributed by atoms with van der Waals surface area (Å²) in [6.07, 6.45) is 0.396. The van der Waals surface area contributed by atoms with Crippen LogP contribution in [0.1, 0.15) is 24.5 Å². The summed E-state index contributed by atoms with van der Waals surface area (Å²) in [6, 6.07) is 9.86. The van der Waals surface area contributed by atoms with Gasteiger partial charge in [-0.2, -0.15) is 0 Å². The van der Waals surface area contributed by atoms with E-state index in [2.05, 4.69) is 0 Å². The standard InChI is InChI=1S/C13H18O4/c1-15-12(16-2)13(14)9-8-11(17-13)10-6-4-3-5-7-10/h3-7,11-12,14H,8-9H2,1-2H3. The van der Waals surface area contributed by atoms with Gasteiger partial charge in [-0.15, -0.1) is 0 Å². The van der Waals surface area contributed by atoms with Gasteiger partial charge in [0, 0.05) is 20.6 Å². The van der Waals surface area contributed by atoms with Gasteiger partial charge in [0.05, 0.1) is 6.10 Å². The SMILES string of the molecule is COC(OC)C1(O)CCC(c2ccccc2)O1. The summed E-state index contributed by atoms with van der Waals surface area (Å²) in [5.74, 6) is -1.36. The van der Waals surface area contributed by atoms with Gasteiger partial charge in [-0.25, -0.2) is 0 Å². The van der Waals surface area contributed by atoms with E-state index >= 15 is 0 Å². The Balaban J connectivity index is 2.09. The van der Waals surface area contributed by atoms with E-state index in [1.807, 2.05) is 30.3 Å². The van der Waals surface area contributed by atoms with E-state index in [-0.39, 0.29) is 6.10 Å². The van der Waals surface area contributed by atoms with Crippen molar-refractivity contribution in [2.75, 3.05) is 14.2 Å². The van der Waals surface area contributed by atoms with Crippen LogP contribution in [0.5, 0.6) is 0 Å². The van der Waals surface area contributed by atoms with Gasteiger partial charge in [-0.3, -0.25) is 0 Å². The highest BCUT2D eigenvalue weighted by Crippen LogP contribution is 2.40. The van der Waals surface area contributed by atoms with Crippen molar-refractivity contribution in [2.24, 2.45) is 0 Å². The molecule has 1 heterocycles. The van der Waals surface area contributed by atoms with Gasteiger partial charge in [0.1, 0.15) is 0 Å². The molecule has 4 nitrogen and oxygen atoms in total. The Kier molecular flexibility index (Phi) is 3.79. The number of methoxy groups -OCH3 is 2. The number of benzene rings is 1. The molecule has 1 aromatic rings. The Morgan fingerprint density at radius 1 is 1.29 bits per heavy atom. The fourth-order valence-electron chi connectivity index (χ4n) is 2.24. The van der Waals surface area contributed by atoms with Gasteiger partial charge in [0.2, 0.25) is 12.1 Å². The zero-order valence-corrected chi connectivity index (χ0v) is 10.1. The molecule has 1 aromatic carbocycles. The van der Waals surface area contributed by atoms with Gasteiger partial charge < -0.3 is 19.3 Å². The number of hydrogen-bond donors (Lipinski definition) is 1. The summed E-state index contributed by atoms with van der Waals surface area (Å²) in [4.78, 5) is 0. The quantitative estimate of drug-likeness (QED) is 0.813. The Hall–Kier alpha value is -0.940. The molecule has 0 saturated carbocycles. The smallest absolute Gasteiger partial charge is 0.218 e. The summed E-state index contributed by atoms with van der Waals surface area (Å²) >= 11 is 0. The summed E-state index contributed by atoms with van der Waals surface area (Å²) < 4.78 is 15.8. The van der Waals surface area contributed by atoms with E-state index in [1.54, 1.807) is 0 Å². The first-order valence-corrected chi connectivity index (χ1v) is 5.70. The van der Waals surface area contributed by atoms with Crippen LogP contribution in [0.3, 0.4) is 0 Å². The summed E-state index contributed by atoms with van der Waals surface area (Å²) in [5.41, 5.74) is 1.06. The van der Waals surface area contributed by atoms with Crippen molar-refractivity contribution in [3.63, 3.8) is 0 Å². The Morgan fingerprint density at radius 3 is 2.53 bits per heavy atom. The van der Waals surface area contributed by atoms with Crippen LogP contribution in [0.2, 0.25) is 0 Å². The average molecular weight is 238 g/mol. The molecular formula is C13H18O4. The fourth-order valence-corrected chi connectivity index (χ4v) is 2.24. The van der Waals surface area contributed by atoms with Crippen molar-refractivity contribution < 1.29 is 19.3 Å². The second kappa shape index (κ2) is 5.14. The minimum absolute atomic E-state index is 0.103. The molecule has 1 aliphatic heterocycles. The third kappa shape index (κ3) is 2.50. The lowest BCUT2D eigenvalue weighted by Crippen LogP contribution is -2.44. The van der Waals surface area contributed by atoms with Crippen LogP contribution < -0.4 is 0 Å². The Labute approximate surface area is 101 Å². The van der Waals surface area contributed by atoms with Crippen LogP contribution in [-0.2, 0) is 14.2 Å². The first-order chi connectivity index (χ1) is 8.19. The van der Waals surface area contributed by atoms with Crippen LogP contribution in [-0.4, -0.2) is 31.4 Å². The minimum atomic E-state index is -1.36. The molecule has 1 saturated heterocycles. The lowest BCUT2D eigenvalue weighted by Gasteiger charge is -2.29. The Morgan fingerprint density at radius 2 is 1.94 bits per heavy atom. The number of ether oxygens (including phenoxy) is 3. The van der Waals surface area contributed by atoms with E-state index in [9.17, 15) is 5.11 Å². The lowest BCUT2D eigenvalue weighted by molar-refractivity contribution is -0.317. The zero-order valence-electron chi connectivity index (χ0n) is 10.1. The summed E-state index contributed by atoms with van der Waals surface area (Å²) in [7, 11) is 2.98. The van der Waals surface area contributed by atoms with Crippen molar-refractivity contribution >= 4 is 0 Å². The van der Waals surface area contributed by atoms with Gasteiger partial charge in [0.25, 0.3) is 0 Å². The molecule has 1 aliphatic rings. The van der Waals surface area contributed by atoms with Crippen LogP contribution in [0.25, 0.3) is 0 Å². The highest BCUT2D eigenvalue weighted by molar-refractivity contribution is 5.18. The average Bonchev–Trinajstić information content (AvgIpc) is 2.75. The molecule has 0 amide bonds. The van der Waals surface area contributed by atoms with Crippen molar-refractivity contribution in [1.82, 2.24) is 0 Å². The molecule has 1 fully saturated rings. The number of aliphatic hydroxyl groups is 1. The second-order valence-corrected chi connectivity index (χ2v) is 4.20. The van der Waals surface area contributed by atoms with E-state index in [0.717, 1.165) is 12.0 Å². The van der Waals surface area contributed by atoms with Crippen LogP contribution in [0.4, 0.5) is 0 Å². The van der Waals surface area contributed by atoms with E-state index < -0.39 is 12.1 Å². The summed E-state index contributed by atoms with van der Waals surface area (Å²) in [6.45, 7) is 0. The largest absolute Gasteiger partial charge is 0.362 e. The maximum absolute atomic E-state index is 10.3. The predicted molar refractivity (Wildman–Crippen MR) is 62.3 cm³/mol. The molecule has 0 aromatic heterocycles. The van der Waals surface area contributed by atoms with E-state index in [1.165, 1.54) is 14.2 Å². The lowest BCUT2D eigenvalue weighted by atomic mass is 10.1. The van der Waals surface area contributed by atoms with Crippen LogP contribution in [0.15, 0.2) is 30.3 Å². The van der Waals surface area contributed by atoms with Crippen molar-refractivity contribution in [1.29, 1.82) is 0 Å². The zero-order chi connectivity index (χ0) is 12.3. The number of rotatable bonds is 4. The highest BCUT2D eigenvalue weighted by Gasteiger charge is 2.46. The maximum Gasteiger partial charge on any atom is 0.218 e. The van der Waals surface area contributed by atoms with Gasteiger partial charge in [-0.05, 0) is 12.0 Å². The van der Waals surface area contributed by atoms with Gasteiger partial charge >= 0.3 is 0 Å². The molecule has 4 heteroatoms. The molecule has 2 atom stereocenters. The van der Waals surface area contributed by atoms with Crippen molar-refractivity contribution in [3.8, 4) is 0 Å². The molecule has 2 rings (SSSR count). The molecule has 94 valence electrons. The minimum Gasteiger partial charge on any atom is -0.362 e. The molecule has 0 bridgehead atoms. The van der Waals surface area contributed by atoms with Crippen LogP contribution in [0, 0.1) is 0 Å². The van der Waals surface area contributed by atoms with E-state index in [0.29, 0.717) is 6.42 Å². The highest BCUT2D eigenvalue weighted by atomic mass is 16.7. The van der Waals surface area contributed by atoms with Gasteiger partial charge in [-0.1, -0.05) is 30.3 Å². The molecule has 0 spiro atoms. The third-order valence-electron chi connectivity index (χ3n) is 3.08. The van der Waals surface area contributed by atoms with Gasteiger partial charge in [0.15, 0.2) is 0 Å². The molecule has 2 unspecified atom stereocenters. The second-order valence-electron chi connectivity index (χ2n) is 4.20.